The molecule has 0 radical (unpaired) electrons. The Bertz CT molecular complexity index is 691. The predicted molar refractivity (Wildman–Crippen MR) is 68.7 cm³/mol. The van der Waals surface area contributed by atoms with E-state index in [2.05, 4.69) is 21.0 Å². The molecule has 3 aromatic rings. The van der Waals surface area contributed by atoms with Crippen LogP contribution in [0.1, 0.15) is 0 Å². The Morgan fingerprint density at radius 1 is 1.12 bits per heavy atom. The molecular weight excluding hydrogens is 283 g/mol. The number of halogens is 2. The third-order valence-electron chi connectivity index (χ3n) is 2.59. The van der Waals surface area contributed by atoms with Crippen LogP contribution in [0.3, 0.4) is 0 Å². The van der Waals surface area contributed by atoms with Crippen molar-refractivity contribution in [1.29, 1.82) is 0 Å². The van der Waals surface area contributed by atoms with Crippen molar-refractivity contribution in [3.63, 3.8) is 0 Å². The molecule has 0 fully saturated rings. The molecule has 0 spiro atoms. The third kappa shape index (κ3) is 1.74. The minimum Gasteiger partial charge on any atom is -0.232 e. The van der Waals surface area contributed by atoms with Crippen LogP contribution in [-0.2, 0) is 0 Å². The molecule has 0 N–H and O–H groups in total. The van der Waals surface area contributed by atoms with Gasteiger partial charge in [0.1, 0.15) is 5.82 Å². The lowest BCUT2D eigenvalue weighted by molar-refractivity contribution is 0.626. The summed E-state index contributed by atoms with van der Waals surface area (Å²) in [5.41, 5.74) is 1.66. The first-order valence-electron chi connectivity index (χ1n) is 5.14. The molecule has 0 atom stereocenters. The number of rotatable bonds is 1. The maximum atomic E-state index is 13.2. The van der Waals surface area contributed by atoms with Gasteiger partial charge in [-0.1, -0.05) is 18.2 Å². The number of hydrogen-bond donors (Lipinski definition) is 0. The molecule has 0 unspecified atom stereocenters. The second-order valence-corrected chi connectivity index (χ2v) is 4.57. The van der Waals surface area contributed by atoms with Crippen molar-refractivity contribution < 1.29 is 4.39 Å². The van der Waals surface area contributed by atoms with Gasteiger partial charge in [-0.05, 0) is 40.2 Å². The highest BCUT2D eigenvalue weighted by atomic mass is 79.9. The summed E-state index contributed by atoms with van der Waals surface area (Å²) in [5.74, 6) is -0.266. The Morgan fingerprint density at radius 2 is 1.94 bits per heavy atom. The molecule has 0 bridgehead atoms. The van der Waals surface area contributed by atoms with Gasteiger partial charge in [0.15, 0.2) is 0 Å². The third-order valence-corrected chi connectivity index (χ3v) is 3.23. The zero-order chi connectivity index (χ0) is 11.8. The van der Waals surface area contributed by atoms with E-state index in [1.165, 1.54) is 12.1 Å². The predicted octanol–water partition coefficient (Wildman–Crippen LogP) is 3.93. The average molecular weight is 291 g/mol. The van der Waals surface area contributed by atoms with Crippen molar-refractivity contribution in [1.82, 2.24) is 9.78 Å². The molecule has 0 amide bonds. The Hall–Kier alpha value is -1.68. The van der Waals surface area contributed by atoms with Gasteiger partial charge in [-0.25, -0.2) is 9.07 Å². The van der Waals surface area contributed by atoms with Gasteiger partial charge in [-0.15, -0.1) is 0 Å². The first-order valence-corrected chi connectivity index (χ1v) is 5.93. The van der Waals surface area contributed by atoms with E-state index in [-0.39, 0.29) is 5.82 Å². The first kappa shape index (κ1) is 10.5. The number of para-hydroxylation sites is 1. The summed E-state index contributed by atoms with van der Waals surface area (Å²) in [6.07, 6.45) is 1.77. The zero-order valence-corrected chi connectivity index (χ0v) is 10.4. The monoisotopic (exact) mass is 290 g/mol. The summed E-state index contributed by atoms with van der Waals surface area (Å²) >= 11 is 3.49. The van der Waals surface area contributed by atoms with Crippen LogP contribution in [0.4, 0.5) is 4.39 Å². The SMILES string of the molecule is Fc1cccc(-n2ncc3cccc(Br)c32)c1. The molecule has 0 saturated carbocycles. The van der Waals surface area contributed by atoms with Crippen molar-refractivity contribution in [2.75, 3.05) is 0 Å². The molecule has 2 nitrogen and oxygen atoms in total. The molecule has 17 heavy (non-hydrogen) atoms. The quantitative estimate of drug-likeness (QED) is 0.664. The van der Waals surface area contributed by atoms with E-state index < -0.39 is 0 Å². The van der Waals surface area contributed by atoms with Crippen LogP contribution in [0.25, 0.3) is 16.6 Å². The van der Waals surface area contributed by atoms with Crippen molar-refractivity contribution in [3.05, 3.63) is 59.0 Å². The van der Waals surface area contributed by atoms with Crippen LogP contribution >= 0.6 is 15.9 Å². The highest BCUT2D eigenvalue weighted by molar-refractivity contribution is 9.10. The Kier molecular flexibility index (Phi) is 2.44. The maximum absolute atomic E-state index is 13.2. The second-order valence-electron chi connectivity index (χ2n) is 3.71. The lowest BCUT2D eigenvalue weighted by Gasteiger charge is -2.04. The van der Waals surface area contributed by atoms with Crippen molar-refractivity contribution in [2.24, 2.45) is 0 Å². The molecule has 4 heteroatoms. The van der Waals surface area contributed by atoms with Crippen LogP contribution in [0.15, 0.2) is 53.1 Å². The van der Waals surface area contributed by atoms with E-state index in [1.807, 2.05) is 24.3 Å². The normalized spacial score (nSPS) is 10.9. The van der Waals surface area contributed by atoms with Crippen molar-refractivity contribution in [3.8, 4) is 5.69 Å². The van der Waals surface area contributed by atoms with Crippen LogP contribution in [-0.4, -0.2) is 9.78 Å². The van der Waals surface area contributed by atoms with Gasteiger partial charge in [0.2, 0.25) is 0 Å². The van der Waals surface area contributed by atoms with E-state index in [1.54, 1.807) is 16.9 Å². The Morgan fingerprint density at radius 3 is 2.76 bits per heavy atom. The van der Waals surface area contributed by atoms with Gasteiger partial charge in [0.05, 0.1) is 17.4 Å². The van der Waals surface area contributed by atoms with E-state index in [0.29, 0.717) is 5.69 Å². The minimum absolute atomic E-state index is 0.266. The first-order chi connectivity index (χ1) is 8.25. The summed E-state index contributed by atoms with van der Waals surface area (Å²) in [4.78, 5) is 0. The highest BCUT2D eigenvalue weighted by Crippen LogP contribution is 2.26. The number of nitrogens with zero attached hydrogens (tertiary/aromatic N) is 2. The summed E-state index contributed by atoms with van der Waals surface area (Å²) in [6.45, 7) is 0. The van der Waals surface area contributed by atoms with Crippen molar-refractivity contribution in [2.45, 2.75) is 0 Å². The lowest BCUT2D eigenvalue weighted by Crippen LogP contribution is -1.96. The smallest absolute Gasteiger partial charge is 0.125 e. The molecule has 84 valence electrons. The topological polar surface area (TPSA) is 17.8 Å². The maximum Gasteiger partial charge on any atom is 0.125 e. The van der Waals surface area contributed by atoms with Gasteiger partial charge < -0.3 is 0 Å². The molecule has 0 saturated heterocycles. The zero-order valence-electron chi connectivity index (χ0n) is 8.77. The number of aromatic nitrogens is 2. The molecule has 2 aromatic carbocycles. The van der Waals surface area contributed by atoms with Gasteiger partial charge in [-0.3, -0.25) is 0 Å². The van der Waals surface area contributed by atoms with Crippen LogP contribution in [0.5, 0.6) is 0 Å². The van der Waals surface area contributed by atoms with Gasteiger partial charge >= 0.3 is 0 Å². The van der Waals surface area contributed by atoms with Gasteiger partial charge in [0.25, 0.3) is 0 Å². The van der Waals surface area contributed by atoms with Crippen molar-refractivity contribution >= 4 is 26.8 Å². The molecular formula is C13H8BrFN2. The van der Waals surface area contributed by atoms with Crippen LogP contribution in [0.2, 0.25) is 0 Å². The van der Waals surface area contributed by atoms with E-state index in [0.717, 1.165) is 15.4 Å². The fourth-order valence-corrected chi connectivity index (χ4v) is 2.39. The Labute approximate surface area is 106 Å². The van der Waals surface area contributed by atoms with Crippen LogP contribution in [0, 0.1) is 5.82 Å². The van der Waals surface area contributed by atoms with E-state index >= 15 is 0 Å². The van der Waals surface area contributed by atoms with E-state index in [4.69, 9.17) is 0 Å². The highest BCUT2D eigenvalue weighted by Gasteiger charge is 2.08. The number of hydrogen-bond acceptors (Lipinski definition) is 1. The largest absolute Gasteiger partial charge is 0.232 e. The standard InChI is InChI=1S/C13H8BrFN2/c14-12-6-1-3-9-8-16-17(13(9)12)11-5-2-4-10(15)7-11/h1-8H. The molecule has 3 rings (SSSR count). The molecule has 0 aliphatic heterocycles. The molecule has 1 aromatic heterocycles. The van der Waals surface area contributed by atoms with Gasteiger partial charge in [0, 0.05) is 9.86 Å². The fraction of sp³-hybridized carbons (Fsp3) is 0. The summed E-state index contributed by atoms with van der Waals surface area (Å²) in [5, 5.41) is 5.30. The molecule has 1 heterocycles. The van der Waals surface area contributed by atoms with Gasteiger partial charge in [-0.2, -0.15) is 5.10 Å². The number of fused-ring (bicyclic) bond motifs is 1. The van der Waals surface area contributed by atoms with E-state index in [9.17, 15) is 4.39 Å². The fourth-order valence-electron chi connectivity index (χ4n) is 1.84. The molecule has 0 aliphatic carbocycles. The second kappa shape index (κ2) is 3.96. The Balaban J connectivity index is 2.31. The minimum atomic E-state index is -0.266. The summed E-state index contributed by atoms with van der Waals surface area (Å²) < 4.78 is 15.9. The summed E-state index contributed by atoms with van der Waals surface area (Å²) in [6, 6.07) is 12.3. The number of benzene rings is 2. The lowest BCUT2D eigenvalue weighted by atomic mass is 10.2. The average Bonchev–Trinajstić information content (AvgIpc) is 2.74. The molecule has 0 aliphatic rings. The van der Waals surface area contributed by atoms with Crippen LogP contribution < -0.4 is 0 Å². The summed E-state index contributed by atoms with van der Waals surface area (Å²) in [7, 11) is 0.